The molecule has 1 aromatic heterocycles. The first-order chi connectivity index (χ1) is 16.6. The van der Waals surface area contributed by atoms with E-state index >= 15 is 0 Å². The Balaban J connectivity index is 1.67. The summed E-state index contributed by atoms with van der Waals surface area (Å²) in [5.41, 5.74) is 4.61. The van der Waals surface area contributed by atoms with Crippen LogP contribution in [0.3, 0.4) is 0 Å². The van der Waals surface area contributed by atoms with E-state index in [0.29, 0.717) is 22.6 Å². The average molecular weight is 453 g/mol. The fourth-order valence-corrected chi connectivity index (χ4v) is 4.72. The number of amides is 2. The van der Waals surface area contributed by atoms with Gasteiger partial charge < -0.3 is 10.6 Å². The number of hydrogen-bond acceptors (Lipinski definition) is 4. The molecule has 6 heteroatoms. The van der Waals surface area contributed by atoms with E-state index in [1.54, 1.807) is 29.4 Å². The van der Waals surface area contributed by atoms with Gasteiger partial charge in [-0.25, -0.2) is 0 Å². The Kier molecular flexibility index (Phi) is 6.12. The minimum atomic E-state index is -0.288. The molecule has 0 spiro atoms. The summed E-state index contributed by atoms with van der Waals surface area (Å²) < 4.78 is 0. The Morgan fingerprint density at radius 3 is 2.53 bits per heavy atom. The lowest BCUT2D eigenvalue weighted by molar-refractivity contribution is -0.118. The summed E-state index contributed by atoms with van der Waals surface area (Å²) in [6, 6.07) is 19.1. The van der Waals surface area contributed by atoms with Crippen molar-refractivity contribution in [1.29, 1.82) is 0 Å². The lowest BCUT2D eigenvalue weighted by atomic mass is 9.95. The minimum absolute atomic E-state index is 0.111. The molecule has 2 amide bonds. The first kappa shape index (κ1) is 21.9. The Labute approximate surface area is 199 Å². The van der Waals surface area contributed by atoms with Crippen LogP contribution in [0.2, 0.25) is 0 Å². The van der Waals surface area contributed by atoms with Crippen molar-refractivity contribution in [2.75, 3.05) is 10.2 Å². The number of carbonyl (C=O) groups is 2. The summed E-state index contributed by atoms with van der Waals surface area (Å²) >= 11 is 0. The van der Waals surface area contributed by atoms with Crippen LogP contribution in [0, 0.1) is 6.92 Å². The normalized spacial score (nSPS) is 16.0. The van der Waals surface area contributed by atoms with Crippen LogP contribution in [0.15, 0.2) is 78.8 Å². The van der Waals surface area contributed by atoms with Crippen LogP contribution in [-0.4, -0.2) is 22.8 Å². The van der Waals surface area contributed by atoms with Crippen molar-refractivity contribution in [3.05, 3.63) is 95.4 Å². The van der Waals surface area contributed by atoms with Crippen LogP contribution in [-0.2, 0) is 4.79 Å². The van der Waals surface area contributed by atoms with Gasteiger partial charge in [0.1, 0.15) is 5.70 Å². The molecule has 1 fully saturated rings. The van der Waals surface area contributed by atoms with E-state index in [9.17, 15) is 9.59 Å². The molecule has 0 unspecified atom stereocenters. The van der Waals surface area contributed by atoms with Gasteiger partial charge in [0, 0.05) is 24.0 Å². The highest BCUT2D eigenvalue weighted by molar-refractivity contribution is 6.21. The fourth-order valence-electron chi connectivity index (χ4n) is 4.72. The summed E-state index contributed by atoms with van der Waals surface area (Å²) in [7, 11) is 0. The van der Waals surface area contributed by atoms with E-state index in [4.69, 9.17) is 0 Å². The third-order valence-electron chi connectivity index (χ3n) is 6.44. The number of nitrogens with zero attached hydrogens (tertiary/aromatic N) is 2. The van der Waals surface area contributed by atoms with Crippen LogP contribution in [0.1, 0.15) is 53.6 Å². The molecule has 2 aliphatic rings. The molecule has 172 valence electrons. The molecule has 0 radical (unpaired) electrons. The molecule has 6 nitrogen and oxygen atoms in total. The molecule has 2 aromatic carbocycles. The van der Waals surface area contributed by atoms with E-state index in [1.807, 2.05) is 55.5 Å². The summed E-state index contributed by atoms with van der Waals surface area (Å²) in [5.74, 6) is -0.536. The highest BCUT2D eigenvalue weighted by atomic mass is 16.2. The Bertz CT molecular complexity index is 1230. The molecule has 2 N–H and O–H groups in total. The minimum Gasteiger partial charge on any atom is -0.351 e. The zero-order chi connectivity index (χ0) is 23.5. The predicted octanol–water partition coefficient (Wildman–Crippen LogP) is 5.28. The summed E-state index contributed by atoms with van der Waals surface area (Å²) in [4.78, 5) is 33.5. The highest BCUT2D eigenvalue weighted by Crippen LogP contribution is 2.40. The standard InChI is InChI=1S/C28H28N4O2/c1-19-14-15-23-24(17-19)32(28(34)21-11-8-16-29-18-21)26(25(31-23)20-9-4-2-5-10-20)27(33)30-22-12-6-3-7-13-22/h2,4-5,8-11,14-18,22,31H,3,6-7,12-13H2,1H3,(H,30,33). The maximum atomic E-state index is 13.9. The number of aryl methyl sites for hydroxylation is 1. The number of rotatable bonds is 4. The van der Waals surface area contributed by atoms with E-state index in [0.717, 1.165) is 42.5 Å². The van der Waals surface area contributed by atoms with Gasteiger partial charge in [-0.2, -0.15) is 0 Å². The second-order valence-electron chi connectivity index (χ2n) is 8.93. The smallest absolute Gasteiger partial charge is 0.270 e. The van der Waals surface area contributed by atoms with E-state index in [1.165, 1.54) is 6.42 Å². The maximum absolute atomic E-state index is 13.9. The summed E-state index contributed by atoms with van der Waals surface area (Å²) in [5, 5.41) is 6.68. The number of hydrogen-bond donors (Lipinski definition) is 2. The average Bonchev–Trinajstić information content (AvgIpc) is 2.89. The highest BCUT2D eigenvalue weighted by Gasteiger charge is 2.36. The molecule has 2 heterocycles. The third-order valence-corrected chi connectivity index (χ3v) is 6.44. The molecule has 1 aliphatic carbocycles. The molecule has 3 aromatic rings. The lowest BCUT2D eigenvalue weighted by Gasteiger charge is -2.35. The maximum Gasteiger partial charge on any atom is 0.270 e. The zero-order valence-electron chi connectivity index (χ0n) is 19.3. The Morgan fingerprint density at radius 1 is 1.00 bits per heavy atom. The van der Waals surface area contributed by atoms with Gasteiger partial charge in [0.05, 0.1) is 22.6 Å². The van der Waals surface area contributed by atoms with Gasteiger partial charge in [0.2, 0.25) is 0 Å². The summed E-state index contributed by atoms with van der Waals surface area (Å²) in [6.45, 7) is 1.98. The monoisotopic (exact) mass is 452 g/mol. The van der Waals surface area contributed by atoms with Gasteiger partial charge in [-0.3, -0.25) is 19.5 Å². The number of benzene rings is 2. The van der Waals surface area contributed by atoms with Crippen molar-refractivity contribution in [2.24, 2.45) is 0 Å². The Morgan fingerprint density at radius 2 is 1.79 bits per heavy atom. The number of aromatic nitrogens is 1. The molecular formula is C28H28N4O2. The fraction of sp³-hybridized carbons (Fsp3) is 0.250. The summed E-state index contributed by atoms with van der Waals surface area (Å²) in [6.07, 6.45) is 8.50. The van der Waals surface area contributed by atoms with Crippen LogP contribution in [0.25, 0.3) is 5.70 Å². The molecule has 1 saturated carbocycles. The van der Waals surface area contributed by atoms with Gasteiger partial charge in [-0.05, 0) is 49.6 Å². The van der Waals surface area contributed by atoms with Crippen molar-refractivity contribution in [3.8, 4) is 0 Å². The molecule has 0 saturated heterocycles. The van der Waals surface area contributed by atoms with E-state index in [-0.39, 0.29) is 17.9 Å². The van der Waals surface area contributed by atoms with Gasteiger partial charge >= 0.3 is 0 Å². The van der Waals surface area contributed by atoms with Gasteiger partial charge in [0.25, 0.3) is 11.8 Å². The van der Waals surface area contributed by atoms with Crippen molar-refractivity contribution in [3.63, 3.8) is 0 Å². The quantitative estimate of drug-likeness (QED) is 0.565. The number of fused-ring (bicyclic) bond motifs is 1. The lowest BCUT2D eigenvalue weighted by Crippen LogP contribution is -2.45. The first-order valence-electron chi connectivity index (χ1n) is 11.8. The van der Waals surface area contributed by atoms with Crippen LogP contribution >= 0.6 is 0 Å². The van der Waals surface area contributed by atoms with E-state index < -0.39 is 0 Å². The largest absolute Gasteiger partial charge is 0.351 e. The van der Waals surface area contributed by atoms with Crippen molar-refractivity contribution >= 4 is 28.9 Å². The van der Waals surface area contributed by atoms with Crippen LogP contribution in [0.4, 0.5) is 11.4 Å². The van der Waals surface area contributed by atoms with Crippen LogP contribution in [0.5, 0.6) is 0 Å². The third kappa shape index (κ3) is 4.31. The first-order valence-corrected chi connectivity index (χ1v) is 11.8. The number of anilines is 2. The van der Waals surface area contributed by atoms with Crippen molar-refractivity contribution in [1.82, 2.24) is 10.3 Å². The molecule has 34 heavy (non-hydrogen) atoms. The SMILES string of the molecule is Cc1ccc2c(c1)N(C(=O)c1cccnc1)C(C(=O)NC1CCCCC1)=C(c1ccccc1)N2. The van der Waals surface area contributed by atoms with Crippen LogP contribution < -0.4 is 15.5 Å². The van der Waals surface area contributed by atoms with Crippen molar-refractivity contribution < 1.29 is 9.59 Å². The molecule has 5 rings (SSSR count). The van der Waals surface area contributed by atoms with E-state index in [2.05, 4.69) is 15.6 Å². The number of carbonyl (C=O) groups excluding carboxylic acids is 2. The zero-order valence-corrected chi connectivity index (χ0v) is 19.3. The topological polar surface area (TPSA) is 74.3 Å². The van der Waals surface area contributed by atoms with Crippen molar-refractivity contribution in [2.45, 2.75) is 45.1 Å². The second-order valence-corrected chi connectivity index (χ2v) is 8.93. The van der Waals surface area contributed by atoms with Gasteiger partial charge in [-0.1, -0.05) is 55.7 Å². The predicted molar refractivity (Wildman–Crippen MR) is 134 cm³/mol. The van der Waals surface area contributed by atoms with Gasteiger partial charge in [-0.15, -0.1) is 0 Å². The molecular weight excluding hydrogens is 424 g/mol. The number of pyridine rings is 1. The van der Waals surface area contributed by atoms with Gasteiger partial charge in [0.15, 0.2) is 0 Å². The molecule has 1 aliphatic heterocycles. The molecule has 0 atom stereocenters. The number of nitrogens with one attached hydrogen (secondary N) is 2. The Hall–Kier alpha value is -3.93. The molecule has 0 bridgehead atoms. The second kappa shape index (κ2) is 9.51.